The molecule has 1 saturated heterocycles. The maximum atomic E-state index is 14.1. The standard InChI is InChI=1S/C29H39NO5S/c1-6-24-9-7-22-17-23(29(3,4)5)8-11-27(22)30(24)36(32,33)25-10-12-28(26(18-25)20(2)31)35-19-21-13-15-34-16-14-21/h8,10-12,17-18,21,24H,6-7,9,13-16,19H2,1-5H3. The van der Waals surface area contributed by atoms with E-state index in [0.717, 1.165) is 50.1 Å². The third-order valence-corrected chi connectivity index (χ3v) is 9.30. The van der Waals surface area contributed by atoms with E-state index in [2.05, 4.69) is 26.8 Å². The van der Waals surface area contributed by atoms with Crippen molar-refractivity contribution in [3.63, 3.8) is 0 Å². The number of aryl methyl sites for hydroxylation is 1. The van der Waals surface area contributed by atoms with Crippen molar-refractivity contribution in [2.75, 3.05) is 24.1 Å². The summed E-state index contributed by atoms with van der Waals surface area (Å²) in [5, 5.41) is 0. The third kappa shape index (κ3) is 5.47. The number of rotatable bonds is 7. The van der Waals surface area contributed by atoms with Crippen molar-refractivity contribution in [3.8, 4) is 5.75 Å². The Morgan fingerprint density at radius 2 is 1.81 bits per heavy atom. The van der Waals surface area contributed by atoms with Crippen molar-refractivity contribution < 1.29 is 22.7 Å². The third-order valence-electron chi connectivity index (χ3n) is 7.44. The number of hydrogen-bond acceptors (Lipinski definition) is 5. The summed E-state index contributed by atoms with van der Waals surface area (Å²) in [6.07, 6.45) is 4.17. The maximum Gasteiger partial charge on any atom is 0.264 e. The second-order valence-corrected chi connectivity index (χ2v) is 12.9. The summed E-state index contributed by atoms with van der Waals surface area (Å²) in [6, 6.07) is 10.7. The van der Waals surface area contributed by atoms with Crippen LogP contribution in [0.4, 0.5) is 5.69 Å². The summed E-state index contributed by atoms with van der Waals surface area (Å²) in [4.78, 5) is 12.6. The van der Waals surface area contributed by atoms with Gasteiger partial charge in [-0.2, -0.15) is 0 Å². The summed E-state index contributed by atoms with van der Waals surface area (Å²) in [5.74, 6) is 0.596. The molecule has 0 radical (unpaired) electrons. The molecule has 6 nitrogen and oxygen atoms in total. The van der Waals surface area contributed by atoms with E-state index in [9.17, 15) is 13.2 Å². The normalized spacial score (nSPS) is 19.1. The molecule has 0 N–H and O–H groups in total. The molecule has 2 heterocycles. The molecule has 0 spiro atoms. The Balaban J connectivity index is 1.68. The quantitative estimate of drug-likeness (QED) is 0.430. The van der Waals surface area contributed by atoms with Crippen LogP contribution in [0.15, 0.2) is 41.3 Å². The molecular weight excluding hydrogens is 474 g/mol. The van der Waals surface area contributed by atoms with Gasteiger partial charge in [0.05, 0.1) is 22.8 Å². The molecule has 0 bridgehead atoms. The van der Waals surface area contributed by atoms with Crippen LogP contribution in [0.3, 0.4) is 0 Å². The fourth-order valence-corrected chi connectivity index (χ4v) is 6.92. The zero-order valence-corrected chi connectivity index (χ0v) is 23.0. The van der Waals surface area contributed by atoms with Crippen molar-refractivity contribution >= 4 is 21.5 Å². The number of carbonyl (C=O) groups excluding carboxylic acids is 1. The number of Topliss-reactive ketones (excluding diaryl/α,β-unsaturated/α-hetero) is 1. The van der Waals surface area contributed by atoms with Crippen LogP contribution in [0.25, 0.3) is 0 Å². The Kier molecular flexibility index (Phi) is 7.81. The predicted octanol–water partition coefficient (Wildman–Crippen LogP) is 5.91. The summed E-state index contributed by atoms with van der Waals surface area (Å²) in [6.45, 7) is 11.9. The molecular formula is C29H39NO5S. The van der Waals surface area contributed by atoms with Crippen LogP contribution in [-0.2, 0) is 26.6 Å². The van der Waals surface area contributed by atoms with Crippen LogP contribution in [-0.4, -0.2) is 40.1 Å². The lowest BCUT2D eigenvalue weighted by molar-refractivity contribution is 0.0495. The molecule has 0 amide bonds. The summed E-state index contributed by atoms with van der Waals surface area (Å²) in [7, 11) is -3.88. The van der Waals surface area contributed by atoms with Gasteiger partial charge in [0.1, 0.15) is 5.75 Å². The Hall–Kier alpha value is -2.38. The Morgan fingerprint density at radius 1 is 1.08 bits per heavy atom. The van der Waals surface area contributed by atoms with Gasteiger partial charge in [0.25, 0.3) is 10.0 Å². The molecule has 2 aromatic carbocycles. The Morgan fingerprint density at radius 3 is 2.44 bits per heavy atom. The second-order valence-electron chi connectivity index (χ2n) is 11.1. The minimum absolute atomic E-state index is 0.0167. The number of fused-ring (bicyclic) bond motifs is 1. The van der Waals surface area contributed by atoms with Gasteiger partial charge in [-0.15, -0.1) is 0 Å². The van der Waals surface area contributed by atoms with Crippen LogP contribution in [0, 0.1) is 5.92 Å². The average molecular weight is 514 g/mol. The zero-order chi connectivity index (χ0) is 26.1. The molecule has 0 saturated carbocycles. The van der Waals surface area contributed by atoms with Gasteiger partial charge in [-0.05, 0) is 85.8 Å². The molecule has 2 aliphatic heterocycles. The van der Waals surface area contributed by atoms with Gasteiger partial charge in [-0.1, -0.05) is 39.8 Å². The highest BCUT2D eigenvalue weighted by Crippen LogP contribution is 2.39. The van der Waals surface area contributed by atoms with Crippen LogP contribution in [0.5, 0.6) is 5.75 Å². The van der Waals surface area contributed by atoms with Gasteiger partial charge in [-0.25, -0.2) is 8.42 Å². The lowest BCUT2D eigenvalue weighted by Gasteiger charge is -2.38. The van der Waals surface area contributed by atoms with Gasteiger partial charge >= 0.3 is 0 Å². The molecule has 7 heteroatoms. The lowest BCUT2D eigenvalue weighted by Crippen LogP contribution is -2.43. The van der Waals surface area contributed by atoms with Crippen molar-refractivity contribution in [2.45, 2.75) is 83.1 Å². The van der Waals surface area contributed by atoms with E-state index < -0.39 is 10.0 Å². The van der Waals surface area contributed by atoms with Gasteiger partial charge in [0.15, 0.2) is 5.78 Å². The average Bonchev–Trinajstić information content (AvgIpc) is 2.86. The van der Waals surface area contributed by atoms with E-state index in [1.165, 1.54) is 18.6 Å². The van der Waals surface area contributed by atoms with Gasteiger partial charge < -0.3 is 9.47 Å². The van der Waals surface area contributed by atoms with Crippen molar-refractivity contribution in [1.29, 1.82) is 0 Å². The molecule has 196 valence electrons. The maximum absolute atomic E-state index is 14.1. The van der Waals surface area contributed by atoms with Crippen LogP contribution >= 0.6 is 0 Å². The Labute approximate surface area is 216 Å². The highest BCUT2D eigenvalue weighted by atomic mass is 32.2. The smallest absolute Gasteiger partial charge is 0.264 e. The van der Waals surface area contributed by atoms with Crippen LogP contribution < -0.4 is 9.04 Å². The zero-order valence-electron chi connectivity index (χ0n) is 22.2. The van der Waals surface area contributed by atoms with E-state index >= 15 is 0 Å². The number of carbonyl (C=O) groups is 1. The van der Waals surface area contributed by atoms with Crippen molar-refractivity contribution in [1.82, 2.24) is 0 Å². The molecule has 2 aliphatic rings. The van der Waals surface area contributed by atoms with Gasteiger partial charge in [0, 0.05) is 19.3 Å². The van der Waals surface area contributed by atoms with Crippen molar-refractivity contribution in [3.05, 3.63) is 53.1 Å². The molecule has 2 aromatic rings. The molecule has 1 unspecified atom stereocenters. The topological polar surface area (TPSA) is 72.9 Å². The van der Waals surface area contributed by atoms with E-state index in [1.807, 2.05) is 19.1 Å². The van der Waals surface area contributed by atoms with E-state index in [-0.39, 0.29) is 22.1 Å². The monoisotopic (exact) mass is 513 g/mol. The number of sulfonamides is 1. The van der Waals surface area contributed by atoms with Crippen LogP contribution in [0.1, 0.15) is 81.8 Å². The first-order valence-electron chi connectivity index (χ1n) is 13.1. The molecule has 36 heavy (non-hydrogen) atoms. The van der Waals surface area contributed by atoms with E-state index in [1.54, 1.807) is 16.4 Å². The van der Waals surface area contributed by atoms with Gasteiger partial charge in [-0.3, -0.25) is 9.10 Å². The molecule has 0 aromatic heterocycles. The fraction of sp³-hybridized carbons (Fsp3) is 0.552. The van der Waals surface area contributed by atoms with E-state index in [4.69, 9.17) is 9.47 Å². The fourth-order valence-electron chi connectivity index (χ4n) is 5.10. The molecule has 0 aliphatic carbocycles. The number of nitrogens with zero attached hydrogens (tertiary/aromatic N) is 1. The molecule has 1 fully saturated rings. The summed E-state index contributed by atoms with van der Waals surface area (Å²) in [5.41, 5.74) is 3.27. The summed E-state index contributed by atoms with van der Waals surface area (Å²) >= 11 is 0. The number of ether oxygens (including phenoxy) is 2. The van der Waals surface area contributed by atoms with Gasteiger partial charge in [0.2, 0.25) is 0 Å². The molecule has 4 rings (SSSR count). The minimum Gasteiger partial charge on any atom is -0.493 e. The van der Waals surface area contributed by atoms with E-state index in [0.29, 0.717) is 30.3 Å². The number of hydrogen-bond donors (Lipinski definition) is 0. The second kappa shape index (κ2) is 10.5. The first-order valence-corrected chi connectivity index (χ1v) is 14.5. The first kappa shape index (κ1) is 26.7. The van der Waals surface area contributed by atoms with Crippen LogP contribution in [0.2, 0.25) is 0 Å². The first-order chi connectivity index (χ1) is 17.0. The number of anilines is 1. The highest BCUT2D eigenvalue weighted by molar-refractivity contribution is 7.92. The highest BCUT2D eigenvalue weighted by Gasteiger charge is 2.36. The SMILES string of the molecule is CCC1CCc2cc(C(C)(C)C)ccc2N1S(=O)(=O)c1ccc(OCC2CCOCC2)c(C(C)=O)c1. The largest absolute Gasteiger partial charge is 0.493 e. The van der Waals surface area contributed by atoms with Crippen molar-refractivity contribution in [2.24, 2.45) is 5.92 Å². The Bertz CT molecular complexity index is 1210. The predicted molar refractivity (Wildman–Crippen MR) is 143 cm³/mol. The minimum atomic E-state index is -3.88. The summed E-state index contributed by atoms with van der Waals surface area (Å²) < 4.78 is 41.1. The molecule has 1 atom stereocenters. The number of benzene rings is 2. The lowest BCUT2D eigenvalue weighted by atomic mass is 9.84. The number of ketones is 1.